The van der Waals surface area contributed by atoms with Gasteiger partial charge in [0.1, 0.15) is 17.9 Å². The van der Waals surface area contributed by atoms with E-state index in [0.29, 0.717) is 27.9 Å². The smallest absolute Gasteiger partial charge is 0.257 e. The van der Waals surface area contributed by atoms with E-state index in [0.717, 1.165) is 11.4 Å². The summed E-state index contributed by atoms with van der Waals surface area (Å²) in [4.78, 5) is 23.9. The van der Waals surface area contributed by atoms with Crippen molar-refractivity contribution in [2.45, 2.75) is 53.7 Å². The number of nitriles is 1. The maximum atomic E-state index is 13.3. The van der Waals surface area contributed by atoms with Crippen molar-refractivity contribution < 1.29 is 9.53 Å². The monoisotopic (exact) mass is 484 g/mol. The Labute approximate surface area is 192 Å². The molecule has 1 aliphatic carbocycles. The zero-order chi connectivity index (χ0) is 23.1. The molecule has 0 bridgehead atoms. The second kappa shape index (κ2) is 8.23. The predicted molar refractivity (Wildman–Crippen MR) is 127 cm³/mol. The number of aliphatic imine (C=N–C) groups is 2. The third-order valence-corrected chi connectivity index (χ3v) is 6.89. The lowest BCUT2D eigenvalue weighted by Gasteiger charge is -2.65. The molecule has 1 aromatic rings. The number of carbonyl (C=O) groups excluding carboxylic acids is 1. The highest BCUT2D eigenvalue weighted by Gasteiger charge is 2.67. The first-order chi connectivity index (χ1) is 14.4. The number of hydrogen-bond acceptors (Lipinski definition) is 5. The SMILES string of the molecule is C/N=C1/CN([C@H]2C(C)(C)[C@H](Oc3ccc(C#N)c(Br)c3)C2(C)C)C(=O)/C1=C/N=C(C)C. The minimum atomic E-state index is -0.280. The first kappa shape index (κ1) is 23.2. The zero-order valence-corrected chi connectivity index (χ0v) is 20.7. The predicted octanol–water partition coefficient (Wildman–Crippen LogP) is 4.78. The van der Waals surface area contributed by atoms with Crippen LogP contribution in [0.1, 0.15) is 47.1 Å². The lowest BCUT2D eigenvalue weighted by Crippen LogP contribution is -2.74. The Morgan fingerprint density at radius 1 is 1.29 bits per heavy atom. The number of carbonyl (C=O) groups is 1. The van der Waals surface area contributed by atoms with Gasteiger partial charge in [-0.05, 0) is 48.0 Å². The van der Waals surface area contributed by atoms with Crippen LogP contribution in [-0.4, -0.2) is 48.0 Å². The van der Waals surface area contributed by atoms with Gasteiger partial charge in [0, 0.05) is 40.3 Å². The molecule has 1 aliphatic heterocycles. The van der Waals surface area contributed by atoms with Crippen LogP contribution in [0.3, 0.4) is 0 Å². The molecule has 0 unspecified atom stereocenters. The Hall–Kier alpha value is -2.46. The van der Waals surface area contributed by atoms with Crippen LogP contribution in [0.4, 0.5) is 0 Å². The van der Waals surface area contributed by atoms with Gasteiger partial charge >= 0.3 is 0 Å². The van der Waals surface area contributed by atoms with Gasteiger partial charge in [-0.3, -0.25) is 14.8 Å². The van der Waals surface area contributed by atoms with Crippen LogP contribution in [0.5, 0.6) is 5.75 Å². The number of likely N-dealkylation sites (tertiary alicyclic amines) is 1. The molecule has 2 fully saturated rings. The molecule has 2 aliphatic rings. The van der Waals surface area contributed by atoms with E-state index >= 15 is 0 Å². The summed E-state index contributed by atoms with van der Waals surface area (Å²) in [5, 5.41) is 9.15. The molecule has 1 aromatic carbocycles. The topological polar surface area (TPSA) is 78.0 Å². The molecule has 0 aromatic heterocycles. The van der Waals surface area contributed by atoms with Crippen molar-refractivity contribution in [1.29, 1.82) is 5.26 Å². The Bertz CT molecular complexity index is 1030. The van der Waals surface area contributed by atoms with Crippen LogP contribution in [-0.2, 0) is 4.79 Å². The van der Waals surface area contributed by atoms with Gasteiger partial charge in [-0.2, -0.15) is 5.26 Å². The van der Waals surface area contributed by atoms with Crippen molar-refractivity contribution in [3.8, 4) is 11.8 Å². The highest BCUT2D eigenvalue weighted by molar-refractivity contribution is 9.10. The Balaban J connectivity index is 1.88. The highest BCUT2D eigenvalue weighted by Crippen LogP contribution is 2.58. The molecular formula is C24H29BrN4O2. The molecule has 1 saturated heterocycles. The third-order valence-electron chi connectivity index (χ3n) is 6.23. The number of rotatable bonds is 4. The van der Waals surface area contributed by atoms with Crippen LogP contribution in [0.15, 0.2) is 44.4 Å². The summed E-state index contributed by atoms with van der Waals surface area (Å²) >= 11 is 3.43. The number of amides is 1. The van der Waals surface area contributed by atoms with Crippen molar-refractivity contribution in [2.75, 3.05) is 13.6 Å². The molecule has 1 amide bonds. The first-order valence-electron chi connectivity index (χ1n) is 10.3. The van der Waals surface area contributed by atoms with Crippen molar-refractivity contribution in [3.05, 3.63) is 40.0 Å². The molecule has 0 spiro atoms. The first-order valence-corrected chi connectivity index (χ1v) is 11.1. The summed E-state index contributed by atoms with van der Waals surface area (Å²) < 4.78 is 7.11. The fourth-order valence-electron chi connectivity index (χ4n) is 5.33. The summed E-state index contributed by atoms with van der Waals surface area (Å²) in [5.74, 6) is 0.670. The quantitative estimate of drug-likeness (QED) is 0.455. The summed E-state index contributed by atoms with van der Waals surface area (Å²) in [7, 11) is 1.72. The molecule has 164 valence electrons. The molecule has 7 heteroatoms. The molecule has 0 radical (unpaired) electrons. The number of ether oxygens (including phenoxy) is 1. The second-order valence-corrected chi connectivity index (χ2v) is 10.4. The van der Waals surface area contributed by atoms with Gasteiger partial charge in [0.25, 0.3) is 5.91 Å². The van der Waals surface area contributed by atoms with Gasteiger partial charge in [0.2, 0.25) is 0 Å². The Morgan fingerprint density at radius 3 is 2.45 bits per heavy atom. The number of benzene rings is 1. The van der Waals surface area contributed by atoms with Gasteiger partial charge in [-0.25, -0.2) is 0 Å². The van der Waals surface area contributed by atoms with E-state index in [9.17, 15) is 4.79 Å². The normalized spacial score (nSPS) is 26.5. The van der Waals surface area contributed by atoms with Crippen LogP contribution in [0, 0.1) is 22.2 Å². The standard InChI is InChI=1S/C24H29BrN4O2/c1-14(2)28-12-17-19(27-7)13-29(20(17)30)21-23(3,4)22(24(21,5)6)31-16-9-8-15(11-26)18(25)10-16/h8-10,12,21-22H,13H2,1-7H3/b17-12+,27-19-/t21-,22-. The minimum absolute atomic E-state index is 0.0197. The van der Waals surface area contributed by atoms with Crippen LogP contribution in [0.25, 0.3) is 0 Å². The van der Waals surface area contributed by atoms with E-state index < -0.39 is 0 Å². The van der Waals surface area contributed by atoms with Gasteiger partial charge in [0.05, 0.1) is 23.4 Å². The number of nitrogens with zero attached hydrogens (tertiary/aromatic N) is 4. The average molecular weight is 485 g/mol. The van der Waals surface area contributed by atoms with E-state index in [2.05, 4.69) is 59.7 Å². The molecule has 6 nitrogen and oxygen atoms in total. The fourth-order valence-corrected chi connectivity index (χ4v) is 5.78. The maximum absolute atomic E-state index is 13.3. The van der Waals surface area contributed by atoms with Crippen molar-refractivity contribution in [1.82, 2.24) is 4.90 Å². The summed E-state index contributed by atoms with van der Waals surface area (Å²) in [6.45, 7) is 12.8. The number of hydrogen-bond donors (Lipinski definition) is 0. The molecule has 31 heavy (non-hydrogen) atoms. The fraction of sp³-hybridized carbons (Fsp3) is 0.500. The van der Waals surface area contributed by atoms with E-state index in [4.69, 9.17) is 10.00 Å². The summed E-state index contributed by atoms with van der Waals surface area (Å²) in [6.07, 6.45) is 1.53. The summed E-state index contributed by atoms with van der Waals surface area (Å²) in [5.41, 5.74) is 2.23. The highest BCUT2D eigenvalue weighted by atomic mass is 79.9. The molecular weight excluding hydrogens is 456 g/mol. The van der Waals surface area contributed by atoms with Crippen LogP contribution >= 0.6 is 15.9 Å². The van der Waals surface area contributed by atoms with Crippen molar-refractivity contribution >= 4 is 33.3 Å². The summed E-state index contributed by atoms with van der Waals surface area (Å²) in [6, 6.07) is 7.51. The maximum Gasteiger partial charge on any atom is 0.257 e. The van der Waals surface area contributed by atoms with Crippen molar-refractivity contribution in [2.24, 2.45) is 20.8 Å². The van der Waals surface area contributed by atoms with Gasteiger partial charge in [-0.15, -0.1) is 0 Å². The number of halogens is 1. The minimum Gasteiger partial charge on any atom is -0.489 e. The average Bonchev–Trinajstić information content (AvgIpc) is 2.99. The second-order valence-electron chi connectivity index (χ2n) is 9.52. The van der Waals surface area contributed by atoms with Gasteiger partial charge in [-0.1, -0.05) is 27.7 Å². The van der Waals surface area contributed by atoms with E-state index in [1.807, 2.05) is 30.9 Å². The molecule has 0 atom stereocenters. The lowest BCUT2D eigenvalue weighted by atomic mass is 9.49. The largest absolute Gasteiger partial charge is 0.489 e. The Morgan fingerprint density at radius 2 is 1.94 bits per heavy atom. The van der Waals surface area contributed by atoms with E-state index in [-0.39, 0.29) is 28.9 Å². The van der Waals surface area contributed by atoms with E-state index in [1.165, 1.54) is 0 Å². The van der Waals surface area contributed by atoms with Crippen LogP contribution < -0.4 is 4.74 Å². The molecule has 1 saturated carbocycles. The van der Waals surface area contributed by atoms with Crippen molar-refractivity contribution in [3.63, 3.8) is 0 Å². The van der Waals surface area contributed by atoms with Gasteiger partial charge in [0.15, 0.2) is 0 Å². The zero-order valence-electron chi connectivity index (χ0n) is 19.2. The third kappa shape index (κ3) is 3.94. The molecule has 1 heterocycles. The van der Waals surface area contributed by atoms with E-state index in [1.54, 1.807) is 19.3 Å². The lowest BCUT2D eigenvalue weighted by molar-refractivity contribution is -0.206. The molecule has 3 rings (SSSR count). The van der Waals surface area contributed by atoms with Crippen LogP contribution in [0.2, 0.25) is 0 Å². The molecule has 0 N–H and O–H groups in total. The van der Waals surface area contributed by atoms with Gasteiger partial charge < -0.3 is 9.64 Å². The Kier molecular flexibility index (Phi) is 6.16.